The van der Waals surface area contributed by atoms with Gasteiger partial charge in [-0.25, -0.2) is 4.98 Å². The molecule has 1 aromatic carbocycles. The second-order valence-corrected chi connectivity index (χ2v) is 8.60. The average Bonchev–Trinajstić information content (AvgIpc) is 3.53. The Bertz CT molecular complexity index is 1260. The van der Waals surface area contributed by atoms with Gasteiger partial charge >= 0.3 is 0 Å². The molecule has 1 atom stereocenters. The average molecular weight is 450 g/mol. The van der Waals surface area contributed by atoms with E-state index in [2.05, 4.69) is 21.2 Å². The standard InChI is InChI=1S/C24H24ClN5O2/c1-16-4-3-9-29-15-22(26-23(16)29)24(31)30-10-7-17(14-30)21-13-19(27-28-21)8-11-32-20-6-2-5-18(25)12-20/h2-6,9,12-13,15,17H,7-8,10-11,14H2,1H3,(H,27,28). The molecule has 4 aromatic rings. The van der Waals surface area contributed by atoms with E-state index in [0.717, 1.165) is 41.2 Å². The zero-order chi connectivity index (χ0) is 22.1. The van der Waals surface area contributed by atoms with Crippen molar-refractivity contribution in [2.75, 3.05) is 19.7 Å². The highest BCUT2D eigenvalue weighted by atomic mass is 35.5. The zero-order valence-electron chi connectivity index (χ0n) is 17.8. The number of ether oxygens (including phenoxy) is 1. The summed E-state index contributed by atoms with van der Waals surface area (Å²) in [5.74, 6) is 0.946. The Morgan fingerprint density at radius 3 is 3.03 bits per heavy atom. The van der Waals surface area contributed by atoms with Crippen molar-refractivity contribution < 1.29 is 9.53 Å². The lowest BCUT2D eigenvalue weighted by Crippen LogP contribution is -2.28. The third-order valence-corrected chi connectivity index (χ3v) is 6.11. The van der Waals surface area contributed by atoms with Crippen LogP contribution in [0, 0.1) is 6.92 Å². The third-order valence-electron chi connectivity index (χ3n) is 5.88. The van der Waals surface area contributed by atoms with Gasteiger partial charge in [-0.3, -0.25) is 9.89 Å². The summed E-state index contributed by atoms with van der Waals surface area (Å²) in [7, 11) is 0. The second-order valence-electron chi connectivity index (χ2n) is 8.16. The van der Waals surface area contributed by atoms with Crippen LogP contribution in [0.1, 0.15) is 39.8 Å². The highest BCUT2D eigenvalue weighted by molar-refractivity contribution is 6.30. The van der Waals surface area contributed by atoms with E-state index >= 15 is 0 Å². The molecule has 1 saturated heterocycles. The number of hydrogen-bond acceptors (Lipinski definition) is 4. The number of H-pyrrole nitrogens is 1. The summed E-state index contributed by atoms with van der Waals surface area (Å²) in [6.45, 7) is 3.88. The van der Waals surface area contributed by atoms with Crippen molar-refractivity contribution >= 4 is 23.2 Å². The van der Waals surface area contributed by atoms with E-state index in [1.807, 2.05) is 58.9 Å². The molecule has 1 amide bonds. The van der Waals surface area contributed by atoms with E-state index in [4.69, 9.17) is 16.3 Å². The lowest BCUT2D eigenvalue weighted by Gasteiger charge is -2.14. The van der Waals surface area contributed by atoms with Crippen LogP contribution in [0.4, 0.5) is 0 Å². The minimum atomic E-state index is -0.0266. The van der Waals surface area contributed by atoms with Gasteiger partial charge in [-0.1, -0.05) is 23.7 Å². The summed E-state index contributed by atoms with van der Waals surface area (Å²) in [4.78, 5) is 19.4. The number of aromatic nitrogens is 4. The van der Waals surface area contributed by atoms with E-state index in [1.165, 1.54) is 0 Å². The number of imidazole rings is 1. The quantitative estimate of drug-likeness (QED) is 0.477. The summed E-state index contributed by atoms with van der Waals surface area (Å²) >= 11 is 5.99. The minimum absolute atomic E-state index is 0.0266. The fourth-order valence-electron chi connectivity index (χ4n) is 4.16. The lowest BCUT2D eigenvalue weighted by molar-refractivity contribution is 0.0785. The van der Waals surface area contributed by atoms with Crippen molar-refractivity contribution in [1.29, 1.82) is 0 Å². The smallest absolute Gasteiger partial charge is 0.274 e. The third kappa shape index (κ3) is 4.21. The van der Waals surface area contributed by atoms with Gasteiger partial charge in [0.15, 0.2) is 0 Å². The molecule has 3 aromatic heterocycles. The second kappa shape index (κ2) is 8.67. The molecule has 4 heterocycles. The molecule has 1 N–H and O–H groups in total. The first kappa shape index (κ1) is 20.6. The number of nitrogens with one attached hydrogen (secondary N) is 1. The zero-order valence-corrected chi connectivity index (χ0v) is 18.5. The van der Waals surface area contributed by atoms with Gasteiger partial charge < -0.3 is 14.0 Å². The molecular formula is C24H24ClN5O2. The molecule has 1 aliphatic rings. The molecule has 32 heavy (non-hydrogen) atoms. The molecule has 1 unspecified atom stereocenters. The molecule has 7 nitrogen and oxygen atoms in total. The number of aryl methyl sites for hydroxylation is 1. The van der Waals surface area contributed by atoms with Crippen molar-refractivity contribution in [3.05, 3.63) is 82.5 Å². The van der Waals surface area contributed by atoms with Gasteiger partial charge in [0.2, 0.25) is 0 Å². The van der Waals surface area contributed by atoms with Gasteiger partial charge in [-0.2, -0.15) is 5.10 Å². The van der Waals surface area contributed by atoms with E-state index in [1.54, 1.807) is 6.07 Å². The predicted molar refractivity (Wildman–Crippen MR) is 122 cm³/mol. The summed E-state index contributed by atoms with van der Waals surface area (Å²) in [6.07, 6.45) is 5.34. The van der Waals surface area contributed by atoms with Crippen molar-refractivity contribution in [1.82, 2.24) is 24.5 Å². The predicted octanol–water partition coefficient (Wildman–Crippen LogP) is 4.27. The highest BCUT2D eigenvalue weighted by Crippen LogP contribution is 2.27. The number of rotatable bonds is 6. The molecule has 0 saturated carbocycles. The van der Waals surface area contributed by atoms with Gasteiger partial charge in [0.1, 0.15) is 17.1 Å². The fraction of sp³-hybridized carbons (Fsp3) is 0.292. The van der Waals surface area contributed by atoms with Crippen molar-refractivity contribution in [3.8, 4) is 5.75 Å². The lowest BCUT2D eigenvalue weighted by atomic mass is 10.0. The number of hydrogen-bond donors (Lipinski definition) is 1. The van der Waals surface area contributed by atoms with Crippen molar-refractivity contribution in [3.63, 3.8) is 0 Å². The first-order valence-corrected chi connectivity index (χ1v) is 11.1. The maximum Gasteiger partial charge on any atom is 0.274 e. The number of likely N-dealkylation sites (tertiary alicyclic amines) is 1. The number of carbonyl (C=O) groups excluding carboxylic acids is 1. The van der Waals surface area contributed by atoms with Gasteiger partial charge in [-0.15, -0.1) is 0 Å². The van der Waals surface area contributed by atoms with Crippen LogP contribution in [0.25, 0.3) is 5.65 Å². The topological polar surface area (TPSA) is 75.5 Å². The highest BCUT2D eigenvalue weighted by Gasteiger charge is 2.30. The Morgan fingerprint density at radius 2 is 2.19 bits per heavy atom. The van der Waals surface area contributed by atoms with Crippen LogP contribution in [0.2, 0.25) is 5.02 Å². The SMILES string of the molecule is Cc1cccn2cc(C(=O)N3CCC(c4cc(CCOc5cccc(Cl)c5)[nH]n4)C3)nc12. The van der Waals surface area contributed by atoms with Crippen LogP contribution in [-0.2, 0) is 6.42 Å². The normalized spacial score (nSPS) is 16.1. The number of carbonyl (C=O) groups is 1. The molecule has 0 bridgehead atoms. The Hall–Kier alpha value is -3.32. The van der Waals surface area contributed by atoms with Crippen LogP contribution >= 0.6 is 11.6 Å². The Morgan fingerprint density at radius 1 is 1.28 bits per heavy atom. The van der Waals surface area contributed by atoms with E-state index in [0.29, 0.717) is 30.4 Å². The number of fused-ring (bicyclic) bond motifs is 1. The monoisotopic (exact) mass is 449 g/mol. The Labute approximate surface area is 191 Å². The summed E-state index contributed by atoms with van der Waals surface area (Å²) in [5, 5.41) is 8.25. The largest absolute Gasteiger partial charge is 0.493 e. The molecule has 5 rings (SSSR count). The van der Waals surface area contributed by atoms with Crippen LogP contribution in [0.3, 0.4) is 0 Å². The van der Waals surface area contributed by atoms with E-state index in [-0.39, 0.29) is 11.8 Å². The van der Waals surface area contributed by atoms with Crippen LogP contribution < -0.4 is 4.74 Å². The summed E-state index contributed by atoms with van der Waals surface area (Å²) in [6, 6.07) is 13.4. The fourth-order valence-corrected chi connectivity index (χ4v) is 4.34. The Kier molecular flexibility index (Phi) is 5.57. The molecule has 1 aliphatic heterocycles. The van der Waals surface area contributed by atoms with Crippen molar-refractivity contribution in [2.45, 2.75) is 25.7 Å². The van der Waals surface area contributed by atoms with Gasteiger partial charge in [0.05, 0.1) is 12.3 Å². The minimum Gasteiger partial charge on any atom is -0.493 e. The van der Waals surface area contributed by atoms with Gasteiger partial charge in [-0.05, 0) is 49.2 Å². The summed E-state index contributed by atoms with van der Waals surface area (Å²) < 4.78 is 7.67. The number of pyridine rings is 1. The summed E-state index contributed by atoms with van der Waals surface area (Å²) in [5.41, 5.74) is 4.37. The number of halogens is 1. The van der Waals surface area contributed by atoms with E-state index < -0.39 is 0 Å². The maximum atomic E-state index is 13.0. The molecular weight excluding hydrogens is 426 g/mol. The Balaban J connectivity index is 1.18. The molecule has 164 valence electrons. The van der Waals surface area contributed by atoms with Gasteiger partial charge in [0, 0.05) is 48.5 Å². The van der Waals surface area contributed by atoms with E-state index in [9.17, 15) is 4.79 Å². The first-order valence-electron chi connectivity index (χ1n) is 10.7. The molecule has 0 spiro atoms. The van der Waals surface area contributed by atoms with Crippen LogP contribution in [-0.4, -0.2) is 50.1 Å². The van der Waals surface area contributed by atoms with Crippen LogP contribution in [0.5, 0.6) is 5.75 Å². The number of amides is 1. The molecule has 0 aliphatic carbocycles. The molecule has 8 heteroatoms. The van der Waals surface area contributed by atoms with Crippen LogP contribution in [0.15, 0.2) is 54.9 Å². The molecule has 0 radical (unpaired) electrons. The number of benzene rings is 1. The number of aromatic amines is 1. The van der Waals surface area contributed by atoms with Gasteiger partial charge in [0.25, 0.3) is 5.91 Å². The first-order chi connectivity index (χ1) is 15.6. The maximum absolute atomic E-state index is 13.0. The molecule has 1 fully saturated rings. The van der Waals surface area contributed by atoms with Crippen molar-refractivity contribution in [2.24, 2.45) is 0 Å². The number of nitrogens with zero attached hydrogens (tertiary/aromatic N) is 4.